The van der Waals surface area contributed by atoms with E-state index < -0.39 is 0 Å². The molecule has 1 nitrogen and oxygen atoms in total. The molecule has 90 valence electrons. The third kappa shape index (κ3) is 3.87. The second kappa shape index (κ2) is 6.24. The molecule has 0 aliphatic rings. The van der Waals surface area contributed by atoms with Gasteiger partial charge < -0.3 is 0 Å². The Morgan fingerprint density at radius 1 is 0.947 bits per heavy atom. The maximum atomic E-state index is 11.7. The molecule has 0 amide bonds. The van der Waals surface area contributed by atoms with Gasteiger partial charge in [0.1, 0.15) is 0 Å². The normalized spacial score (nSPS) is 9.00. The van der Waals surface area contributed by atoms with Crippen LogP contribution in [0.4, 0.5) is 0 Å². The lowest BCUT2D eigenvalue weighted by Crippen LogP contribution is -1.98. The highest BCUT2D eigenvalue weighted by Crippen LogP contribution is 2.02. The number of hydrogen-bond donors (Lipinski definition) is 0. The minimum Gasteiger partial charge on any atom is -0.285 e. The van der Waals surface area contributed by atoms with Gasteiger partial charge in [0, 0.05) is 17.5 Å². The summed E-state index contributed by atoms with van der Waals surface area (Å²) in [7, 11) is 0. The molecule has 0 fully saturated rings. The molecule has 2 aromatic carbocycles. The number of ketones is 1. The Morgan fingerprint density at radius 3 is 2.21 bits per heavy atom. The first-order chi connectivity index (χ1) is 9.28. The second-order valence-corrected chi connectivity index (χ2v) is 4.06. The van der Waals surface area contributed by atoms with Gasteiger partial charge in [0.15, 0.2) is 0 Å². The molecule has 0 aliphatic carbocycles. The smallest absolute Gasteiger partial charge is 0.210 e. The van der Waals surface area contributed by atoms with Crippen LogP contribution in [0.25, 0.3) is 0 Å². The zero-order valence-electron chi connectivity index (χ0n) is 10.4. The molecule has 0 bridgehead atoms. The van der Waals surface area contributed by atoms with Crippen LogP contribution in [0.5, 0.6) is 0 Å². The fraction of sp³-hybridized carbons (Fsp3) is 0.0556. The summed E-state index contributed by atoms with van der Waals surface area (Å²) in [5.41, 5.74) is 2.58. The van der Waals surface area contributed by atoms with Crippen molar-refractivity contribution >= 4 is 5.78 Å². The van der Waals surface area contributed by atoms with Gasteiger partial charge in [-0.05, 0) is 35.7 Å². The summed E-state index contributed by atoms with van der Waals surface area (Å²) in [6, 6.07) is 16.8. The van der Waals surface area contributed by atoms with Gasteiger partial charge in [-0.25, -0.2) is 0 Å². The summed E-state index contributed by atoms with van der Waals surface area (Å²) in [4.78, 5) is 11.7. The topological polar surface area (TPSA) is 17.1 Å². The van der Waals surface area contributed by atoms with Crippen LogP contribution in [0.15, 0.2) is 54.6 Å². The average Bonchev–Trinajstić information content (AvgIpc) is 2.47. The van der Waals surface area contributed by atoms with Crippen molar-refractivity contribution in [1.29, 1.82) is 0 Å². The van der Waals surface area contributed by atoms with Crippen LogP contribution >= 0.6 is 0 Å². The molecule has 2 rings (SSSR count). The van der Waals surface area contributed by atoms with E-state index in [9.17, 15) is 4.79 Å². The standard InChI is InChI=1S/C18H12O/c1-2-15-8-10-16(11-9-15)12-13-18(19)14-17-6-4-3-5-7-17/h1,3-11H,14H2. The maximum absolute atomic E-state index is 11.7. The van der Waals surface area contributed by atoms with Crippen molar-refractivity contribution in [2.75, 3.05) is 0 Å². The summed E-state index contributed by atoms with van der Waals surface area (Å²) < 4.78 is 0. The fourth-order valence-electron chi connectivity index (χ4n) is 1.62. The number of terminal acetylenes is 1. The monoisotopic (exact) mass is 244 g/mol. The van der Waals surface area contributed by atoms with Crippen molar-refractivity contribution < 1.29 is 4.79 Å². The Balaban J connectivity index is 2.03. The molecule has 1 heteroatoms. The average molecular weight is 244 g/mol. The molecule has 19 heavy (non-hydrogen) atoms. The molecule has 0 spiro atoms. The first kappa shape index (κ1) is 12.7. The lowest BCUT2D eigenvalue weighted by molar-refractivity contribution is -0.113. The van der Waals surface area contributed by atoms with Crippen molar-refractivity contribution in [3.8, 4) is 24.2 Å². The molecule has 2 aromatic rings. The largest absolute Gasteiger partial charge is 0.285 e. The van der Waals surface area contributed by atoms with Gasteiger partial charge in [-0.1, -0.05) is 42.2 Å². The Bertz CT molecular complexity index is 662. The van der Waals surface area contributed by atoms with Gasteiger partial charge in [0.25, 0.3) is 0 Å². The first-order valence-electron chi connectivity index (χ1n) is 5.93. The van der Waals surface area contributed by atoms with E-state index >= 15 is 0 Å². The van der Waals surface area contributed by atoms with Crippen LogP contribution in [0.3, 0.4) is 0 Å². The quantitative estimate of drug-likeness (QED) is 0.742. The number of carbonyl (C=O) groups is 1. The minimum absolute atomic E-state index is 0.0905. The molecule has 0 unspecified atom stereocenters. The number of rotatable bonds is 2. The van der Waals surface area contributed by atoms with Crippen LogP contribution < -0.4 is 0 Å². The summed E-state index contributed by atoms with van der Waals surface area (Å²) >= 11 is 0. The number of carbonyl (C=O) groups excluding carboxylic acids is 1. The van der Waals surface area contributed by atoms with E-state index in [1.165, 1.54) is 0 Å². The highest BCUT2D eigenvalue weighted by Gasteiger charge is 1.98. The van der Waals surface area contributed by atoms with E-state index in [0.717, 1.165) is 16.7 Å². The van der Waals surface area contributed by atoms with Crippen LogP contribution in [-0.4, -0.2) is 5.78 Å². The maximum Gasteiger partial charge on any atom is 0.210 e. The highest BCUT2D eigenvalue weighted by molar-refractivity contribution is 5.97. The van der Waals surface area contributed by atoms with Gasteiger partial charge >= 0.3 is 0 Å². The Kier molecular flexibility index (Phi) is 4.17. The molecule has 0 aromatic heterocycles. The highest BCUT2D eigenvalue weighted by atomic mass is 16.1. The lowest BCUT2D eigenvalue weighted by atomic mass is 10.1. The van der Waals surface area contributed by atoms with Gasteiger partial charge in [-0.2, -0.15) is 0 Å². The van der Waals surface area contributed by atoms with E-state index in [-0.39, 0.29) is 5.78 Å². The Labute approximate surface area is 113 Å². The molecular formula is C18H12O. The lowest BCUT2D eigenvalue weighted by Gasteiger charge is -1.94. The zero-order valence-corrected chi connectivity index (χ0v) is 10.4. The second-order valence-electron chi connectivity index (χ2n) is 4.06. The van der Waals surface area contributed by atoms with E-state index in [0.29, 0.717) is 6.42 Å². The minimum atomic E-state index is -0.0905. The van der Waals surface area contributed by atoms with E-state index in [1.54, 1.807) is 0 Å². The van der Waals surface area contributed by atoms with Gasteiger partial charge in [-0.3, -0.25) is 4.79 Å². The number of hydrogen-bond acceptors (Lipinski definition) is 1. The predicted molar refractivity (Wildman–Crippen MR) is 76.4 cm³/mol. The van der Waals surface area contributed by atoms with Crippen LogP contribution in [0.1, 0.15) is 16.7 Å². The summed E-state index contributed by atoms with van der Waals surface area (Å²) in [5.74, 6) is 7.94. The molecule has 0 saturated heterocycles. The van der Waals surface area contributed by atoms with Crippen molar-refractivity contribution in [2.24, 2.45) is 0 Å². The molecule has 0 N–H and O–H groups in total. The van der Waals surface area contributed by atoms with Crippen LogP contribution in [-0.2, 0) is 11.2 Å². The van der Waals surface area contributed by atoms with E-state index in [1.807, 2.05) is 54.6 Å². The van der Waals surface area contributed by atoms with Crippen molar-refractivity contribution in [1.82, 2.24) is 0 Å². The summed E-state index contributed by atoms with van der Waals surface area (Å²) in [5, 5.41) is 0. The van der Waals surface area contributed by atoms with Crippen molar-refractivity contribution in [2.45, 2.75) is 6.42 Å². The van der Waals surface area contributed by atoms with Gasteiger partial charge in [-0.15, -0.1) is 6.42 Å². The van der Waals surface area contributed by atoms with Crippen molar-refractivity contribution in [3.05, 3.63) is 71.3 Å². The Morgan fingerprint density at radius 2 is 1.58 bits per heavy atom. The molecule has 0 radical (unpaired) electrons. The Hall–Kier alpha value is -2.77. The van der Waals surface area contributed by atoms with Crippen LogP contribution in [0.2, 0.25) is 0 Å². The SMILES string of the molecule is C#Cc1ccc(C#CC(=O)Cc2ccccc2)cc1. The number of benzene rings is 2. The summed E-state index contributed by atoms with van der Waals surface area (Å²) in [6.07, 6.45) is 5.61. The molecular weight excluding hydrogens is 232 g/mol. The molecule has 0 aliphatic heterocycles. The zero-order chi connectivity index (χ0) is 13.5. The summed E-state index contributed by atoms with van der Waals surface area (Å²) in [6.45, 7) is 0. The first-order valence-corrected chi connectivity index (χ1v) is 5.93. The van der Waals surface area contributed by atoms with Gasteiger partial charge in [0.05, 0.1) is 0 Å². The third-order valence-corrected chi connectivity index (χ3v) is 2.61. The molecule has 0 heterocycles. The van der Waals surface area contributed by atoms with Crippen molar-refractivity contribution in [3.63, 3.8) is 0 Å². The van der Waals surface area contributed by atoms with Gasteiger partial charge in [0.2, 0.25) is 5.78 Å². The number of Topliss-reactive ketones (excluding diaryl/α,β-unsaturated/α-hetero) is 1. The molecule has 0 atom stereocenters. The fourth-order valence-corrected chi connectivity index (χ4v) is 1.62. The molecule has 0 saturated carbocycles. The predicted octanol–water partition coefficient (Wildman–Crippen LogP) is 2.83. The third-order valence-electron chi connectivity index (χ3n) is 2.61. The van der Waals surface area contributed by atoms with E-state index in [2.05, 4.69) is 17.8 Å². The van der Waals surface area contributed by atoms with Crippen LogP contribution in [0, 0.1) is 24.2 Å². The van der Waals surface area contributed by atoms with E-state index in [4.69, 9.17) is 6.42 Å².